The van der Waals surface area contributed by atoms with E-state index in [0.717, 1.165) is 4.47 Å². The summed E-state index contributed by atoms with van der Waals surface area (Å²) < 4.78 is 28.3. The summed E-state index contributed by atoms with van der Waals surface area (Å²) in [6.07, 6.45) is 3.16. The number of pyridine rings is 1. The second-order valence-corrected chi connectivity index (χ2v) is 9.26. The van der Waals surface area contributed by atoms with E-state index in [2.05, 4.69) is 36.3 Å². The van der Waals surface area contributed by atoms with Crippen molar-refractivity contribution in [3.8, 4) is 0 Å². The molecule has 0 fully saturated rings. The third kappa shape index (κ3) is 7.22. The zero-order valence-corrected chi connectivity index (χ0v) is 18.5. The Kier molecular flexibility index (Phi) is 8.30. The second-order valence-electron chi connectivity index (χ2n) is 6.63. The quantitative estimate of drug-likeness (QED) is 0.506. The molecule has 2 amide bonds. The zero-order chi connectivity index (χ0) is 21.4. The number of amides is 2. The number of carbonyl (C=O) groups is 2. The van der Waals surface area contributed by atoms with Crippen molar-refractivity contribution in [2.45, 2.75) is 31.2 Å². The molecule has 0 saturated heterocycles. The summed E-state index contributed by atoms with van der Waals surface area (Å²) >= 11 is 3.25. The maximum atomic E-state index is 12.6. The highest BCUT2D eigenvalue weighted by atomic mass is 79.9. The van der Waals surface area contributed by atoms with Crippen LogP contribution < -0.4 is 15.4 Å². The van der Waals surface area contributed by atoms with Gasteiger partial charge in [-0.2, -0.15) is 4.72 Å². The minimum Gasteiger partial charge on any atom is -0.354 e. The molecular formula is C19H23BrN4O4S. The van der Waals surface area contributed by atoms with Gasteiger partial charge in [-0.05, 0) is 42.3 Å². The molecule has 29 heavy (non-hydrogen) atoms. The van der Waals surface area contributed by atoms with Crippen LogP contribution in [0.5, 0.6) is 0 Å². The van der Waals surface area contributed by atoms with E-state index in [-0.39, 0.29) is 29.7 Å². The average molecular weight is 483 g/mol. The number of sulfonamides is 1. The number of rotatable bonds is 9. The topological polar surface area (TPSA) is 117 Å². The van der Waals surface area contributed by atoms with Gasteiger partial charge in [-0.3, -0.25) is 14.6 Å². The van der Waals surface area contributed by atoms with E-state index in [0.29, 0.717) is 5.69 Å². The molecule has 0 aliphatic rings. The predicted molar refractivity (Wildman–Crippen MR) is 114 cm³/mol. The van der Waals surface area contributed by atoms with Crippen LogP contribution in [0.15, 0.2) is 58.2 Å². The standard InChI is InChI=1S/C19H23BrN4O4S/c1-13(2)18(24-29(27,28)16-7-5-14(20)6-8-16)19(26)22-11-9-17(25)23-15-4-3-10-21-12-15/h3-8,10,12-13,18,24H,9,11H2,1-2H3,(H,22,26)(H,23,25)/t18-/m0/s1. The molecule has 0 aliphatic heterocycles. The van der Waals surface area contributed by atoms with E-state index in [4.69, 9.17) is 0 Å². The Morgan fingerprint density at radius 2 is 1.83 bits per heavy atom. The van der Waals surface area contributed by atoms with Crippen LogP contribution in [0.4, 0.5) is 5.69 Å². The first-order valence-electron chi connectivity index (χ1n) is 8.94. The molecule has 0 saturated carbocycles. The number of benzene rings is 1. The van der Waals surface area contributed by atoms with E-state index in [1.165, 1.54) is 18.3 Å². The van der Waals surface area contributed by atoms with Crippen molar-refractivity contribution in [2.75, 3.05) is 11.9 Å². The lowest BCUT2D eigenvalue weighted by Gasteiger charge is -2.21. The summed E-state index contributed by atoms with van der Waals surface area (Å²) in [7, 11) is -3.87. The zero-order valence-electron chi connectivity index (χ0n) is 16.1. The molecule has 1 aromatic heterocycles. The van der Waals surface area contributed by atoms with Crippen LogP contribution in [0.25, 0.3) is 0 Å². The Balaban J connectivity index is 1.92. The normalized spacial score (nSPS) is 12.4. The number of carbonyl (C=O) groups excluding carboxylic acids is 2. The molecule has 1 heterocycles. The molecule has 1 atom stereocenters. The molecule has 156 valence electrons. The van der Waals surface area contributed by atoms with E-state index in [9.17, 15) is 18.0 Å². The van der Waals surface area contributed by atoms with Gasteiger partial charge < -0.3 is 10.6 Å². The fourth-order valence-electron chi connectivity index (χ4n) is 2.41. The van der Waals surface area contributed by atoms with Crippen molar-refractivity contribution < 1.29 is 18.0 Å². The first kappa shape index (κ1) is 23.0. The predicted octanol–water partition coefficient (Wildman–Crippen LogP) is 2.29. The largest absolute Gasteiger partial charge is 0.354 e. The minimum absolute atomic E-state index is 0.0465. The summed E-state index contributed by atoms with van der Waals surface area (Å²) in [4.78, 5) is 28.4. The minimum atomic E-state index is -3.87. The van der Waals surface area contributed by atoms with Gasteiger partial charge in [0.05, 0.1) is 16.8 Å². The lowest BCUT2D eigenvalue weighted by Crippen LogP contribution is -2.50. The Morgan fingerprint density at radius 1 is 1.14 bits per heavy atom. The smallest absolute Gasteiger partial charge is 0.241 e. The Hall–Kier alpha value is -2.30. The van der Waals surface area contributed by atoms with Gasteiger partial charge >= 0.3 is 0 Å². The van der Waals surface area contributed by atoms with Crippen molar-refractivity contribution >= 4 is 43.5 Å². The highest BCUT2D eigenvalue weighted by Crippen LogP contribution is 2.16. The number of anilines is 1. The van der Waals surface area contributed by atoms with E-state index < -0.39 is 22.0 Å². The first-order chi connectivity index (χ1) is 13.7. The third-order valence-corrected chi connectivity index (χ3v) is 5.94. The first-order valence-corrected chi connectivity index (χ1v) is 11.2. The van der Waals surface area contributed by atoms with Crippen LogP contribution in [0, 0.1) is 5.92 Å². The van der Waals surface area contributed by atoms with Crippen LogP contribution in [-0.2, 0) is 19.6 Å². The van der Waals surface area contributed by atoms with Crippen LogP contribution >= 0.6 is 15.9 Å². The fourth-order valence-corrected chi connectivity index (χ4v) is 4.02. The molecule has 2 aromatic rings. The van der Waals surface area contributed by atoms with Gasteiger partial charge in [0, 0.05) is 23.6 Å². The van der Waals surface area contributed by atoms with Gasteiger partial charge in [-0.25, -0.2) is 8.42 Å². The van der Waals surface area contributed by atoms with Crippen LogP contribution in [0.3, 0.4) is 0 Å². The van der Waals surface area contributed by atoms with Gasteiger partial charge in [0.15, 0.2) is 0 Å². The Morgan fingerprint density at radius 3 is 2.41 bits per heavy atom. The number of nitrogens with one attached hydrogen (secondary N) is 3. The maximum absolute atomic E-state index is 12.6. The van der Waals surface area contributed by atoms with E-state index >= 15 is 0 Å². The van der Waals surface area contributed by atoms with Crippen LogP contribution in [0.2, 0.25) is 0 Å². The number of halogens is 1. The molecule has 0 unspecified atom stereocenters. The van der Waals surface area contributed by atoms with Crippen molar-refractivity contribution in [3.05, 3.63) is 53.3 Å². The monoisotopic (exact) mass is 482 g/mol. The highest BCUT2D eigenvalue weighted by Gasteiger charge is 2.28. The van der Waals surface area contributed by atoms with Gasteiger partial charge in [0.25, 0.3) is 0 Å². The number of aromatic nitrogens is 1. The molecule has 10 heteroatoms. The maximum Gasteiger partial charge on any atom is 0.241 e. The molecule has 1 aromatic carbocycles. The summed E-state index contributed by atoms with van der Waals surface area (Å²) in [6.45, 7) is 3.56. The van der Waals surface area contributed by atoms with Crippen LogP contribution in [-0.4, -0.2) is 37.8 Å². The van der Waals surface area contributed by atoms with Gasteiger partial charge in [-0.1, -0.05) is 29.8 Å². The van der Waals surface area contributed by atoms with Crippen molar-refractivity contribution in [2.24, 2.45) is 5.92 Å². The molecule has 3 N–H and O–H groups in total. The molecule has 0 bridgehead atoms. The van der Waals surface area contributed by atoms with Gasteiger partial charge in [-0.15, -0.1) is 0 Å². The van der Waals surface area contributed by atoms with Gasteiger partial charge in [0.1, 0.15) is 6.04 Å². The fraction of sp³-hybridized carbons (Fsp3) is 0.316. The SMILES string of the molecule is CC(C)[C@H](NS(=O)(=O)c1ccc(Br)cc1)C(=O)NCCC(=O)Nc1cccnc1. The summed E-state index contributed by atoms with van der Waals surface area (Å²) in [5.41, 5.74) is 0.561. The van der Waals surface area contributed by atoms with Crippen molar-refractivity contribution in [1.29, 1.82) is 0 Å². The number of hydrogen-bond donors (Lipinski definition) is 3. The summed E-state index contributed by atoms with van der Waals surface area (Å²) in [5, 5.41) is 5.28. The summed E-state index contributed by atoms with van der Waals surface area (Å²) in [5.74, 6) is -1.06. The number of hydrogen-bond acceptors (Lipinski definition) is 5. The van der Waals surface area contributed by atoms with Crippen molar-refractivity contribution in [3.63, 3.8) is 0 Å². The molecular weight excluding hydrogens is 460 g/mol. The van der Waals surface area contributed by atoms with Crippen LogP contribution in [0.1, 0.15) is 20.3 Å². The third-order valence-electron chi connectivity index (χ3n) is 3.95. The number of nitrogens with zero attached hydrogens (tertiary/aromatic N) is 1. The lowest BCUT2D eigenvalue weighted by molar-refractivity contribution is -0.123. The molecule has 8 nitrogen and oxygen atoms in total. The molecule has 0 spiro atoms. The molecule has 0 radical (unpaired) electrons. The Bertz CT molecular complexity index is 934. The van der Waals surface area contributed by atoms with Gasteiger partial charge in [0.2, 0.25) is 21.8 Å². The second kappa shape index (κ2) is 10.5. The Labute approximate surface area is 178 Å². The molecule has 0 aliphatic carbocycles. The molecule has 2 rings (SSSR count). The van der Waals surface area contributed by atoms with E-state index in [1.807, 2.05) is 0 Å². The van der Waals surface area contributed by atoms with Crippen molar-refractivity contribution in [1.82, 2.24) is 15.0 Å². The summed E-state index contributed by atoms with van der Waals surface area (Å²) in [6, 6.07) is 8.55. The van der Waals surface area contributed by atoms with E-state index in [1.54, 1.807) is 44.3 Å². The lowest BCUT2D eigenvalue weighted by atomic mass is 10.1. The highest BCUT2D eigenvalue weighted by molar-refractivity contribution is 9.10. The average Bonchev–Trinajstić information content (AvgIpc) is 2.67.